The maximum atomic E-state index is 11.8. The number of rotatable bonds is 8. The third kappa shape index (κ3) is 4.73. The van der Waals surface area contributed by atoms with E-state index in [1.165, 1.54) is 11.8 Å². The summed E-state index contributed by atoms with van der Waals surface area (Å²) in [5, 5.41) is 12.1. The number of halogens is 1. The molecule has 0 bridgehead atoms. The Morgan fingerprint density at radius 3 is 2.79 bits per heavy atom. The van der Waals surface area contributed by atoms with Crippen LogP contribution in [0.5, 0.6) is 5.75 Å². The van der Waals surface area contributed by atoms with E-state index in [9.17, 15) is 4.79 Å². The predicted molar refractivity (Wildman–Crippen MR) is 96.1 cm³/mol. The Balaban J connectivity index is 1.56. The van der Waals surface area contributed by atoms with E-state index in [0.717, 1.165) is 40.6 Å². The molecule has 0 atom stereocenters. The van der Waals surface area contributed by atoms with Crippen LogP contribution in [0.2, 0.25) is 0 Å². The zero-order valence-corrected chi connectivity index (χ0v) is 15.8. The topological polar surface area (TPSA) is 69.0 Å². The maximum Gasteiger partial charge on any atom is 0.230 e. The van der Waals surface area contributed by atoms with E-state index in [-0.39, 0.29) is 5.91 Å². The van der Waals surface area contributed by atoms with Crippen molar-refractivity contribution in [2.45, 2.75) is 44.1 Å². The lowest BCUT2D eigenvalue weighted by Crippen LogP contribution is -2.27. The molecule has 1 saturated carbocycles. The molecular weight excluding hydrogens is 392 g/mol. The van der Waals surface area contributed by atoms with Crippen LogP contribution in [-0.2, 0) is 17.9 Å². The van der Waals surface area contributed by atoms with Crippen LogP contribution < -0.4 is 10.1 Å². The van der Waals surface area contributed by atoms with Gasteiger partial charge in [-0.1, -0.05) is 27.7 Å². The summed E-state index contributed by atoms with van der Waals surface area (Å²) in [7, 11) is 0. The summed E-state index contributed by atoms with van der Waals surface area (Å²) in [5.41, 5.74) is 0. The number of nitrogens with zero attached hydrogens (tertiary/aromatic N) is 3. The summed E-state index contributed by atoms with van der Waals surface area (Å²) in [6, 6.07) is 8.04. The molecule has 1 aromatic carbocycles. The lowest BCUT2D eigenvalue weighted by Gasteiger charge is -2.09. The molecule has 0 spiro atoms. The predicted octanol–water partition coefficient (Wildman–Crippen LogP) is 3.01. The molecule has 1 fully saturated rings. The number of nitrogens with one attached hydrogen (secondary N) is 1. The highest BCUT2D eigenvalue weighted by molar-refractivity contribution is 9.10. The highest BCUT2D eigenvalue weighted by Crippen LogP contribution is 2.21. The quantitative estimate of drug-likeness (QED) is 0.677. The van der Waals surface area contributed by atoms with Gasteiger partial charge in [-0.2, -0.15) is 0 Å². The summed E-state index contributed by atoms with van der Waals surface area (Å²) in [5.74, 6) is 1.95. The van der Waals surface area contributed by atoms with Gasteiger partial charge in [0.05, 0.1) is 5.75 Å². The molecule has 1 amide bonds. The Labute approximate surface area is 153 Å². The van der Waals surface area contributed by atoms with Crippen molar-refractivity contribution in [3.63, 3.8) is 0 Å². The smallest absolute Gasteiger partial charge is 0.230 e. The second-order valence-corrected chi connectivity index (χ2v) is 7.37. The van der Waals surface area contributed by atoms with Gasteiger partial charge in [-0.15, -0.1) is 10.2 Å². The van der Waals surface area contributed by atoms with E-state index in [0.29, 0.717) is 18.4 Å². The number of ether oxygens (including phenoxy) is 1. The molecule has 8 heteroatoms. The molecule has 0 radical (unpaired) electrons. The molecule has 0 aliphatic heterocycles. The van der Waals surface area contributed by atoms with E-state index >= 15 is 0 Å². The minimum Gasteiger partial charge on any atom is -0.486 e. The summed E-state index contributed by atoms with van der Waals surface area (Å²) in [6.07, 6.45) is 2.19. The van der Waals surface area contributed by atoms with Gasteiger partial charge in [-0.3, -0.25) is 4.79 Å². The molecule has 3 rings (SSSR count). The number of thioether (sulfide) groups is 1. The lowest BCUT2D eigenvalue weighted by molar-refractivity contribution is -0.118. The Hall–Kier alpha value is -1.54. The number of hydrogen-bond acceptors (Lipinski definition) is 5. The van der Waals surface area contributed by atoms with Crippen molar-refractivity contribution < 1.29 is 9.53 Å². The highest BCUT2D eigenvalue weighted by atomic mass is 79.9. The largest absolute Gasteiger partial charge is 0.486 e. The lowest BCUT2D eigenvalue weighted by atomic mass is 10.3. The van der Waals surface area contributed by atoms with Gasteiger partial charge in [0, 0.05) is 17.1 Å². The van der Waals surface area contributed by atoms with Crippen LogP contribution in [0.4, 0.5) is 0 Å². The van der Waals surface area contributed by atoms with Gasteiger partial charge >= 0.3 is 0 Å². The Kier molecular flexibility index (Phi) is 5.78. The van der Waals surface area contributed by atoms with Gasteiger partial charge in [-0.25, -0.2) is 0 Å². The van der Waals surface area contributed by atoms with E-state index in [2.05, 4.69) is 31.4 Å². The molecule has 1 heterocycles. The molecule has 1 aromatic heterocycles. The zero-order chi connectivity index (χ0) is 16.9. The van der Waals surface area contributed by atoms with Crippen LogP contribution in [0.15, 0.2) is 33.9 Å². The zero-order valence-electron chi connectivity index (χ0n) is 13.4. The SMILES string of the molecule is CCn1c(COc2ccc(Br)cc2)nnc1SCC(=O)NC1CC1. The first-order valence-electron chi connectivity index (χ1n) is 7.88. The van der Waals surface area contributed by atoms with E-state index in [1.54, 1.807) is 0 Å². The van der Waals surface area contributed by atoms with Crippen LogP contribution >= 0.6 is 27.7 Å². The second kappa shape index (κ2) is 8.02. The van der Waals surface area contributed by atoms with Crippen molar-refractivity contribution in [1.82, 2.24) is 20.1 Å². The van der Waals surface area contributed by atoms with E-state index in [4.69, 9.17) is 4.74 Å². The van der Waals surface area contributed by atoms with Crippen LogP contribution in [0.1, 0.15) is 25.6 Å². The second-order valence-electron chi connectivity index (χ2n) is 5.52. The van der Waals surface area contributed by atoms with Gasteiger partial charge in [0.1, 0.15) is 12.4 Å². The molecule has 1 aliphatic carbocycles. The van der Waals surface area contributed by atoms with Crippen molar-refractivity contribution in [1.29, 1.82) is 0 Å². The van der Waals surface area contributed by atoms with Crippen LogP contribution in [0, 0.1) is 0 Å². The van der Waals surface area contributed by atoms with E-state index < -0.39 is 0 Å². The Bertz CT molecular complexity index is 701. The summed E-state index contributed by atoms with van der Waals surface area (Å²) >= 11 is 4.81. The standard InChI is InChI=1S/C16H19BrN4O2S/c1-2-21-14(9-23-13-7-3-11(17)4-8-13)19-20-16(21)24-10-15(22)18-12-5-6-12/h3-4,7-8,12H,2,5-6,9-10H2,1H3,(H,18,22). The summed E-state index contributed by atoms with van der Waals surface area (Å²) in [4.78, 5) is 11.8. The van der Waals surface area contributed by atoms with Crippen molar-refractivity contribution in [3.05, 3.63) is 34.6 Å². The molecule has 0 saturated heterocycles. The molecule has 24 heavy (non-hydrogen) atoms. The highest BCUT2D eigenvalue weighted by Gasteiger charge is 2.23. The number of carbonyl (C=O) groups excluding carboxylic acids is 1. The van der Waals surface area contributed by atoms with Gasteiger partial charge in [0.2, 0.25) is 5.91 Å². The van der Waals surface area contributed by atoms with Gasteiger partial charge < -0.3 is 14.6 Å². The number of amides is 1. The van der Waals surface area contributed by atoms with Crippen molar-refractivity contribution in [2.24, 2.45) is 0 Å². The third-order valence-electron chi connectivity index (χ3n) is 3.57. The first-order chi connectivity index (χ1) is 11.7. The number of benzene rings is 1. The Morgan fingerprint density at radius 2 is 2.12 bits per heavy atom. The first kappa shape index (κ1) is 17.3. The fourth-order valence-corrected chi connectivity index (χ4v) is 3.25. The van der Waals surface area contributed by atoms with Gasteiger partial charge in [-0.05, 0) is 44.0 Å². The molecule has 0 unspecified atom stereocenters. The average Bonchev–Trinajstić information content (AvgIpc) is 3.30. The molecule has 2 aromatic rings. The third-order valence-corrected chi connectivity index (χ3v) is 5.06. The minimum absolute atomic E-state index is 0.0563. The molecule has 128 valence electrons. The molecule has 1 N–H and O–H groups in total. The van der Waals surface area contributed by atoms with Crippen molar-refractivity contribution >= 4 is 33.6 Å². The van der Waals surface area contributed by atoms with Gasteiger partial charge in [0.25, 0.3) is 0 Å². The number of carbonyl (C=O) groups is 1. The number of hydrogen-bond donors (Lipinski definition) is 1. The van der Waals surface area contributed by atoms with E-state index in [1.807, 2.05) is 35.8 Å². The molecule has 6 nitrogen and oxygen atoms in total. The fourth-order valence-electron chi connectivity index (χ4n) is 2.16. The maximum absolute atomic E-state index is 11.8. The van der Waals surface area contributed by atoms with Crippen LogP contribution in [0.25, 0.3) is 0 Å². The van der Waals surface area contributed by atoms with Crippen LogP contribution in [0.3, 0.4) is 0 Å². The van der Waals surface area contributed by atoms with Crippen LogP contribution in [-0.4, -0.2) is 32.5 Å². The molecule has 1 aliphatic rings. The monoisotopic (exact) mass is 410 g/mol. The average molecular weight is 411 g/mol. The minimum atomic E-state index is 0.0563. The summed E-state index contributed by atoms with van der Waals surface area (Å²) in [6.45, 7) is 3.11. The number of aromatic nitrogens is 3. The molecular formula is C16H19BrN4O2S. The first-order valence-corrected chi connectivity index (χ1v) is 9.66. The van der Waals surface area contributed by atoms with Crippen molar-refractivity contribution in [2.75, 3.05) is 5.75 Å². The fraction of sp³-hybridized carbons (Fsp3) is 0.438. The van der Waals surface area contributed by atoms with Gasteiger partial charge in [0.15, 0.2) is 11.0 Å². The normalized spacial score (nSPS) is 13.8. The van der Waals surface area contributed by atoms with Crippen molar-refractivity contribution in [3.8, 4) is 5.75 Å². The Morgan fingerprint density at radius 1 is 1.38 bits per heavy atom. The summed E-state index contributed by atoms with van der Waals surface area (Å²) < 4.78 is 8.75.